The molecule has 1 rings (SSSR count). The maximum absolute atomic E-state index is 12.4. The summed E-state index contributed by atoms with van der Waals surface area (Å²) in [6.07, 6.45) is 0.727. The first-order chi connectivity index (χ1) is 8.81. The minimum atomic E-state index is -3.62. The summed E-state index contributed by atoms with van der Waals surface area (Å²) in [6, 6.07) is 4.70. The molecule has 0 saturated heterocycles. The lowest BCUT2D eigenvalue weighted by molar-refractivity contribution is 0.437. The molecule has 19 heavy (non-hydrogen) atoms. The van der Waals surface area contributed by atoms with Crippen LogP contribution >= 0.6 is 11.6 Å². The van der Waals surface area contributed by atoms with Crippen molar-refractivity contribution in [3.05, 3.63) is 28.8 Å². The maximum atomic E-state index is 12.4. The molecule has 0 saturated carbocycles. The van der Waals surface area contributed by atoms with E-state index >= 15 is 0 Å². The van der Waals surface area contributed by atoms with Crippen LogP contribution in [0.4, 0.5) is 0 Å². The molecule has 0 spiro atoms. The molecule has 0 amide bonds. The highest BCUT2D eigenvalue weighted by Crippen LogP contribution is 2.23. The second-order valence-corrected chi connectivity index (χ2v) is 6.94. The van der Waals surface area contributed by atoms with Gasteiger partial charge in [-0.3, -0.25) is 0 Å². The zero-order chi connectivity index (χ0) is 14.6. The number of benzene rings is 1. The lowest BCUT2D eigenvalue weighted by Crippen LogP contribution is -2.38. The molecule has 0 aliphatic heterocycles. The summed E-state index contributed by atoms with van der Waals surface area (Å²) in [5, 5.41) is 0.211. The first-order valence-corrected chi connectivity index (χ1v) is 8.18. The van der Waals surface area contributed by atoms with Crippen LogP contribution in [0.1, 0.15) is 32.8 Å². The van der Waals surface area contributed by atoms with Gasteiger partial charge in [0.25, 0.3) is 0 Å². The number of hydrogen-bond donors (Lipinski definition) is 2. The molecule has 0 aliphatic carbocycles. The number of hydrogen-bond acceptors (Lipinski definition) is 3. The van der Waals surface area contributed by atoms with E-state index in [9.17, 15) is 8.42 Å². The lowest BCUT2D eigenvalue weighted by atomic mass is 10.0. The molecule has 108 valence electrons. The van der Waals surface area contributed by atoms with E-state index in [0.717, 1.165) is 12.0 Å². The van der Waals surface area contributed by atoms with E-state index in [4.69, 9.17) is 17.3 Å². The van der Waals surface area contributed by atoms with Crippen molar-refractivity contribution in [2.75, 3.05) is 0 Å². The Hall–Kier alpha value is -0.620. The molecule has 0 aliphatic rings. The first kappa shape index (κ1) is 16.4. The second kappa shape index (κ2) is 6.70. The highest BCUT2D eigenvalue weighted by molar-refractivity contribution is 7.89. The predicted molar refractivity (Wildman–Crippen MR) is 78.6 cm³/mol. The summed E-state index contributed by atoms with van der Waals surface area (Å²) in [5.41, 5.74) is 6.27. The van der Waals surface area contributed by atoms with E-state index in [1.807, 2.05) is 20.8 Å². The van der Waals surface area contributed by atoms with Gasteiger partial charge in [-0.1, -0.05) is 38.4 Å². The summed E-state index contributed by atoms with van der Waals surface area (Å²) >= 11 is 5.98. The van der Waals surface area contributed by atoms with Gasteiger partial charge >= 0.3 is 0 Å². The van der Waals surface area contributed by atoms with Gasteiger partial charge in [0.15, 0.2) is 0 Å². The standard InChI is InChI=1S/C13H21ClN2O2S/c1-4-12(9(2)3)16-19(17,18)13-7-10(8-15)5-6-11(13)14/h5-7,9,12,16H,4,8,15H2,1-3H3. The van der Waals surface area contributed by atoms with Crippen LogP contribution in [-0.4, -0.2) is 14.5 Å². The third-order valence-corrected chi connectivity index (χ3v) is 5.04. The van der Waals surface area contributed by atoms with E-state index in [1.165, 1.54) is 6.07 Å². The van der Waals surface area contributed by atoms with Crippen molar-refractivity contribution >= 4 is 21.6 Å². The van der Waals surface area contributed by atoms with Gasteiger partial charge < -0.3 is 5.73 Å². The zero-order valence-corrected chi connectivity index (χ0v) is 13.1. The lowest BCUT2D eigenvalue weighted by Gasteiger charge is -2.21. The number of halogens is 1. The van der Waals surface area contributed by atoms with E-state index < -0.39 is 10.0 Å². The van der Waals surface area contributed by atoms with E-state index in [0.29, 0.717) is 0 Å². The Morgan fingerprint density at radius 1 is 1.37 bits per heavy atom. The zero-order valence-electron chi connectivity index (χ0n) is 11.5. The molecule has 0 aromatic heterocycles. The number of sulfonamides is 1. The van der Waals surface area contributed by atoms with Crippen LogP contribution < -0.4 is 10.5 Å². The minimum Gasteiger partial charge on any atom is -0.326 e. The van der Waals surface area contributed by atoms with Crippen molar-refractivity contribution in [3.8, 4) is 0 Å². The summed E-state index contributed by atoms with van der Waals surface area (Å²) in [6.45, 7) is 6.19. The van der Waals surface area contributed by atoms with Crippen molar-refractivity contribution in [1.29, 1.82) is 0 Å². The molecule has 1 aromatic rings. The molecule has 3 N–H and O–H groups in total. The molecular weight excluding hydrogens is 284 g/mol. The van der Waals surface area contributed by atoms with Gasteiger partial charge in [0.1, 0.15) is 4.90 Å². The summed E-state index contributed by atoms with van der Waals surface area (Å²) in [4.78, 5) is 0.0937. The Balaban J connectivity index is 3.13. The van der Waals surface area contributed by atoms with Gasteiger partial charge in [-0.05, 0) is 30.0 Å². The highest BCUT2D eigenvalue weighted by atomic mass is 35.5. The third kappa shape index (κ3) is 4.18. The van der Waals surface area contributed by atoms with E-state index in [-0.39, 0.29) is 28.4 Å². The minimum absolute atomic E-state index is 0.0937. The molecule has 4 nitrogen and oxygen atoms in total. The fraction of sp³-hybridized carbons (Fsp3) is 0.538. The highest BCUT2D eigenvalue weighted by Gasteiger charge is 2.23. The van der Waals surface area contributed by atoms with Crippen LogP contribution in [0.3, 0.4) is 0 Å². The largest absolute Gasteiger partial charge is 0.326 e. The fourth-order valence-corrected chi connectivity index (χ4v) is 3.85. The van der Waals surface area contributed by atoms with Gasteiger partial charge in [0.2, 0.25) is 10.0 Å². The molecule has 1 atom stereocenters. The SMILES string of the molecule is CCC(NS(=O)(=O)c1cc(CN)ccc1Cl)C(C)C. The Morgan fingerprint density at radius 3 is 2.47 bits per heavy atom. The smallest absolute Gasteiger partial charge is 0.242 e. The Bertz CT molecular complexity index is 529. The van der Waals surface area contributed by atoms with Crippen molar-refractivity contribution in [2.45, 2.75) is 44.7 Å². The summed E-state index contributed by atoms with van der Waals surface area (Å²) in [7, 11) is -3.62. The molecule has 1 unspecified atom stereocenters. The molecule has 0 radical (unpaired) electrons. The predicted octanol–water partition coefficient (Wildman–Crippen LogP) is 2.51. The molecule has 6 heteroatoms. The van der Waals surface area contributed by atoms with Crippen molar-refractivity contribution in [2.24, 2.45) is 11.7 Å². The number of nitrogens with two attached hydrogens (primary N) is 1. The molecular formula is C13H21ClN2O2S. The third-order valence-electron chi connectivity index (χ3n) is 3.07. The van der Waals surface area contributed by atoms with E-state index in [1.54, 1.807) is 12.1 Å². The molecule has 0 fully saturated rings. The van der Waals surface area contributed by atoms with Crippen molar-refractivity contribution < 1.29 is 8.42 Å². The van der Waals surface area contributed by atoms with Gasteiger partial charge in [0, 0.05) is 12.6 Å². The van der Waals surface area contributed by atoms with Gasteiger partial charge in [-0.15, -0.1) is 0 Å². The Morgan fingerprint density at radius 2 is 2.00 bits per heavy atom. The van der Waals surface area contributed by atoms with Crippen LogP contribution in [0.25, 0.3) is 0 Å². The first-order valence-electron chi connectivity index (χ1n) is 6.32. The fourth-order valence-electron chi connectivity index (χ4n) is 1.83. The van der Waals surface area contributed by atoms with Crippen LogP contribution in [0, 0.1) is 5.92 Å². The maximum Gasteiger partial charge on any atom is 0.242 e. The van der Waals surface area contributed by atoms with E-state index in [2.05, 4.69) is 4.72 Å². The van der Waals surface area contributed by atoms with Gasteiger partial charge in [-0.25, -0.2) is 13.1 Å². The average Bonchev–Trinajstić information content (AvgIpc) is 2.36. The van der Waals surface area contributed by atoms with Gasteiger partial charge in [0.05, 0.1) is 5.02 Å². The molecule has 1 aromatic carbocycles. The quantitative estimate of drug-likeness (QED) is 0.848. The van der Waals surface area contributed by atoms with Crippen LogP contribution in [-0.2, 0) is 16.6 Å². The normalized spacial score (nSPS) is 13.8. The van der Waals surface area contributed by atoms with Crippen molar-refractivity contribution in [1.82, 2.24) is 4.72 Å². The second-order valence-electron chi connectivity index (χ2n) is 4.85. The van der Waals surface area contributed by atoms with Crippen LogP contribution in [0.2, 0.25) is 5.02 Å². The van der Waals surface area contributed by atoms with Gasteiger partial charge in [-0.2, -0.15) is 0 Å². The Labute approximate surface area is 120 Å². The Kier molecular flexibility index (Phi) is 5.80. The topological polar surface area (TPSA) is 72.2 Å². The number of nitrogens with one attached hydrogen (secondary N) is 1. The number of rotatable bonds is 6. The molecule has 0 heterocycles. The molecule has 0 bridgehead atoms. The van der Waals surface area contributed by atoms with Crippen LogP contribution in [0.5, 0.6) is 0 Å². The summed E-state index contributed by atoms with van der Waals surface area (Å²) in [5.74, 6) is 0.219. The van der Waals surface area contributed by atoms with Crippen LogP contribution in [0.15, 0.2) is 23.1 Å². The monoisotopic (exact) mass is 304 g/mol. The average molecular weight is 305 g/mol. The van der Waals surface area contributed by atoms with Crippen molar-refractivity contribution in [3.63, 3.8) is 0 Å². The summed E-state index contributed by atoms with van der Waals surface area (Å²) < 4.78 is 27.4.